The molecule has 0 fully saturated rings. The second-order valence-corrected chi connectivity index (χ2v) is 10.2. The van der Waals surface area contributed by atoms with Crippen LogP contribution in [0.3, 0.4) is 0 Å². The van der Waals surface area contributed by atoms with Gasteiger partial charge in [0, 0.05) is 12.2 Å². The molecule has 0 saturated heterocycles. The Bertz CT molecular complexity index is 716. The maximum Gasteiger partial charge on any atom is 0.461 e. The summed E-state index contributed by atoms with van der Waals surface area (Å²) in [6.07, 6.45) is -5.70. The lowest BCUT2D eigenvalue weighted by Crippen LogP contribution is -2.56. The van der Waals surface area contributed by atoms with Gasteiger partial charge in [0.15, 0.2) is 0 Å². The summed E-state index contributed by atoms with van der Waals surface area (Å²) in [4.78, 5) is 15.4. The van der Waals surface area contributed by atoms with Crippen LogP contribution in [0.15, 0.2) is 61.1 Å². The molecule has 0 N–H and O–H groups in total. The SMILES string of the molecule is C=C[Si](C=C)(C=C)CCCN(C(=O)C(F)(OF)C(F)(F)F)c1cccc(C)c1. The molecule has 0 saturated carbocycles. The van der Waals surface area contributed by atoms with Crippen molar-refractivity contribution in [1.29, 1.82) is 0 Å². The molecule has 0 spiro atoms. The minimum atomic E-state index is -5.89. The second kappa shape index (κ2) is 9.29. The summed E-state index contributed by atoms with van der Waals surface area (Å²) in [6, 6.07) is 6.30. The summed E-state index contributed by atoms with van der Waals surface area (Å²) in [5.41, 5.74) is 5.68. The Labute approximate surface area is 161 Å². The number of hydrogen-bond acceptors (Lipinski definition) is 2. The highest BCUT2D eigenvalue weighted by molar-refractivity contribution is 6.93. The number of aryl methyl sites for hydroxylation is 1. The Kier molecular flexibility index (Phi) is 7.89. The molecule has 154 valence electrons. The van der Waals surface area contributed by atoms with Crippen LogP contribution in [0, 0.1) is 6.92 Å². The van der Waals surface area contributed by atoms with E-state index in [0.29, 0.717) is 16.5 Å². The largest absolute Gasteiger partial charge is 0.461 e. The monoisotopic (exact) mass is 419 g/mol. The number of benzene rings is 1. The Hall–Kier alpha value is -2.26. The van der Waals surface area contributed by atoms with E-state index in [0.717, 1.165) is 0 Å². The minimum absolute atomic E-state index is 0.00333. The number of carbonyl (C=O) groups is 1. The first-order chi connectivity index (χ1) is 13.0. The molecule has 0 aliphatic rings. The van der Waals surface area contributed by atoms with Gasteiger partial charge in [-0.1, -0.05) is 29.2 Å². The van der Waals surface area contributed by atoms with Crippen LogP contribution in [0.4, 0.5) is 27.8 Å². The van der Waals surface area contributed by atoms with Crippen LogP contribution >= 0.6 is 0 Å². The molecule has 3 nitrogen and oxygen atoms in total. The first-order valence-corrected chi connectivity index (χ1v) is 10.8. The molecule has 1 atom stereocenters. The molecule has 0 aliphatic carbocycles. The van der Waals surface area contributed by atoms with Gasteiger partial charge in [0.1, 0.15) is 8.07 Å². The van der Waals surface area contributed by atoms with Gasteiger partial charge in [0.05, 0.1) is 0 Å². The topological polar surface area (TPSA) is 29.5 Å². The summed E-state index contributed by atoms with van der Waals surface area (Å²) in [6.45, 7) is 12.5. The zero-order valence-corrected chi connectivity index (χ0v) is 16.4. The molecule has 9 heteroatoms. The summed E-state index contributed by atoms with van der Waals surface area (Å²) >= 11 is 0. The van der Waals surface area contributed by atoms with Crippen molar-refractivity contribution in [2.24, 2.45) is 0 Å². The lowest BCUT2D eigenvalue weighted by atomic mass is 10.1. The number of rotatable bonds is 10. The van der Waals surface area contributed by atoms with Gasteiger partial charge in [0.2, 0.25) is 0 Å². The van der Waals surface area contributed by atoms with E-state index < -0.39 is 26.0 Å². The van der Waals surface area contributed by atoms with Gasteiger partial charge < -0.3 is 4.90 Å². The molecule has 28 heavy (non-hydrogen) atoms. The number of hydrogen-bond donors (Lipinski definition) is 0. The van der Waals surface area contributed by atoms with E-state index >= 15 is 0 Å². The fourth-order valence-electron chi connectivity index (χ4n) is 2.61. The number of nitrogens with zero attached hydrogens (tertiary/aromatic N) is 1. The zero-order valence-electron chi connectivity index (χ0n) is 15.4. The maximum absolute atomic E-state index is 14.2. The van der Waals surface area contributed by atoms with Crippen LogP contribution < -0.4 is 4.90 Å². The number of anilines is 1. The molecule has 1 unspecified atom stereocenters. The molecular formula is C19H22F5NO2Si. The third-order valence-electron chi connectivity index (χ3n) is 4.44. The zero-order chi connectivity index (χ0) is 21.6. The molecule has 0 aliphatic heterocycles. The highest BCUT2D eigenvalue weighted by atomic mass is 28.3. The van der Waals surface area contributed by atoms with Crippen LogP contribution in [0.2, 0.25) is 6.04 Å². The normalized spacial score (nSPS) is 14.1. The third-order valence-corrected chi connectivity index (χ3v) is 7.94. The van der Waals surface area contributed by atoms with E-state index in [2.05, 4.69) is 24.7 Å². The first-order valence-electron chi connectivity index (χ1n) is 8.35. The van der Waals surface area contributed by atoms with E-state index in [1.54, 1.807) is 30.1 Å². The maximum atomic E-state index is 14.2. The Morgan fingerprint density at radius 3 is 2.18 bits per heavy atom. The van der Waals surface area contributed by atoms with Crippen LogP contribution in [-0.4, -0.2) is 32.6 Å². The second-order valence-electron chi connectivity index (χ2n) is 6.29. The van der Waals surface area contributed by atoms with Crippen molar-refractivity contribution in [1.82, 2.24) is 0 Å². The van der Waals surface area contributed by atoms with E-state index in [4.69, 9.17) is 0 Å². The summed E-state index contributed by atoms with van der Waals surface area (Å²) < 4.78 is 65.6. The molecule has 0 bridgehead atoms. The first kappa shape index (κ1) is 23.8. The number of amides is 1. The molecule has 0 heterocycles. The van der Waals surface area contributed by atoms with Gasteiger partial charge in [-0.15, -0.1) is 24.7 Å². The van der Waals surface area contributed by atoms with Crippen molar-refractivity contribution in [2.45, 2.75) is 31.4 Å². The molecule has 1 aromatic rings. The van der Waals surface area contributed by atoms with Gasteiger partial charge in [-0.05, 0) is 41.6 Å². The lowest BCUT2D eigenvalue weighted by molar-refractivity contribution is -0.380. The van der Waals surface area contributed by atoms with Crippen LogP contribution in [0.25, 0.3) is 0 Å². The molecule has 0 radical (unpaired) electrons. The van der Waals surface area contributed by atoms with Crippen molar-refractivity contribution >= 4 is 19.7 Å². The average Bonchev–Trinajstić information content (AvgIpc) is 2.66. The molecule has 1 amide bonds. The van der Waals surface area contributed by atoms with Gasteiger partial charge in [-0.3, -0.25) is 4.79 Å². The fourth-order valence-corrected chi connectivity index (χ4v) is 4.50. The predicted molar refractivity (Wildman–Crippen MR) is 101 cm³/mol. The highest BCUT2D eigenvalue weighted by Crippen LogP contribution is 2.38. The quantitative estimate of drug-likeness (QED) is 0.372. The molecule has 1 aromatic carbocycles. The van der Waals surface area contributed by atoms with Crippen LogP contribution in [-0.2, 0) is 9.74 Å². The van der Waals surface area contributed by atoms with Gasteiger partial charge in [-0.25, -0.2) is 0 Å². The average molecular weight is 419 g/mol. The lowest BCUT2D eigenvalue weighted by Gasteiger charge is -2.31. The smallest absolute Gasteiger partial charge is 0.307 e. The molecule has 0 aromatic heterocycles. The van der Waals surface area contributed by atoms with Crippen molar-refractivity contribution in [3.63, 3.8) is 0 Å². The van der Waals surface area contributed by atoms with Crippen LogP contribution in [0.5, 0.6) is 0 Å². The summed E-state index contributed by atoms with van der Waals surface area (Å²) in [7, 11) is -2.29. The van der Waals surface area contributed by atoms with Crippen molar-refractivity contribution in [3.8, 4) is 0 Å². The third kappa shape index (κ3) is 4.96. The Morgan fingerprint density at radius 1 is 1.18 bits per heavy atom. The minimum Gasteiger partial charge on any atom is -0.307 e. The number of alkyl halides is 4. The molecular weight excluding hydrogens is 397 g/mol. The van der Waals surface area contributed by atoms with Crippen molar-refractivity contribution in [3.05, 3.63) is 66.7 Å². The van der Waals surface area contributed by atoms with E-state index in [1.807, 2.05) is 0 Å². The van der Waals surface area contributed by atoms with Gasteiger partial charge in [-0.2, -0.15) is 17.6 Å². The van der Waals surface area contributed by atoms with Crippen molar-refractivity contribution < 1.29 is 31.8 Å². The fraction of sp³-hybridized carbons (Fsp3) is 0.316. The van der Waals surface area contributed by atoms with E-state index in [9.17, 15) is 26.9 Å². The number of halogens is 5. The molecule has 1 rings (SSSR count). The summed E-state index contributed by atoms with van der Waals surface area (Å²) in [5, 5.41) is 0. The van der Waals surface area contributed by atoms with Gasteiger partial charge >= 0.3 is 17.9 Å². The van der Waals surface area contributed by atoms with E-state index in [1.165, 1.54) is 18.2 Å². The van der Waals surface area contributed by atoms with E-state index in [-0.39, 0.29) is 18.7 Å². The Balaban J connectivity index is 3.24. The standard InChI is InChI=1S/C19H22F5NO2Si/c1-5-28(6-2,7-3)13-9-12-25(16-11-8-10-15(4)14-16)17(26)18(20,27-24)19(21,22)23/h5-8,10-11,14H,1-3,9,12-13H2,4H3. The van der Waals surface area contributed by atoms with Crippen LogP contribution in [0.1, 0.15) is 12.0 Å². The Morgan fingerprint density at radius 2 is 1.75 bits per heavy atom. The van der Waals surface area contributed by atoms with Gasteiger partial charge in [0.25, 0.3) is 0 Å². The highest BCUT2D eigenvalue weighted by Gasteiger charge is 2.66. The summed E-state index contributed by atoms with van der Waals surface area (Å²) in [5.74, 6) is -7.28. The number of carbonyl (C=O) groups excluding carboxylic acids is 1. The van der Waals surface area contributed by atoms with Crippen molar-refractivity contribution in [2.75, 3.05) is 11.4 Å². The predicted octanol–water partition coefficient (Wildman–Crippen LogP) is 5.47.